The number of fused-ring (bicyclic) bond motifs is 1. The number of benzene rings is 1. The van der Waals surface area contributed by atoms with Crippen molar-refractivity contribution in [1.82, 2.24) is 9.29 Å². The van der Waals surface area contributed by atoms with E-state index in [1.807, 2.05) is 13.0 Å². The summed E-state index contributed by atoms with van der Waals surface area (Å²) >= 11 is 0. The van der Waals surface area contributed by atoms with Crippen molar-refractivity contribution in [3.8, 4) is 0 Å². The molecular formula is C14H16N2O3S. The summed E-state index contributed by atoms with van der Waals surface area (Å²) in [6.45, 7) is 2.17. The van der Waals surface area contributed by atoms with E-state index >= 15 is 0 Å². The van der Waals surface area contributed by atoms with E-state index in [1.165, 1.54) is 4.31 Å². The van der Waals surface area contributed by atoms with E-state index in [9.17, 15) is 13.5 Å². The van der Waals surface area contributed by atoms with Crippen LogP contribution in [0, 0.1) is 0 Å². The highest BCUT2D eigenvalue weighted by atomic mass is 32.2. The van der Waals surface area contributed by atoms with Crippen LogP contribution in [0.3, 0.4) is 0 Å². The molecule has 1 aromatic carbocycles. The molecule has 1 aliphatic heterocycles. The maximum absolute atomic E-state index is 12.6. The van der Waals surface area contributed by atoms with Crippen molar-refractivity contribution in [1.29, 1.82) is 0 Å². The normalized spacial score (nSPS) is 18.9. The van der Waals surface area contributed by atoms with Crippen molar-refractivity contribution in [2.75, 3.05) is 13.1 Å². The van der Waals surface area contributed by atoms with Gasteiger partial charge in [0.15, 0.2) is 0 Å². The standard InChI is InChI=1S/C14H16N2O3S/c1-2-14(17)9-16(10-14)20(18,19)13-5-3-4-11-8-15-7-6-12(11)13/h3-8,17H,2,9-10H2,1H3. The van der Waals surface area contributed by atoms with E-state index in [2.05, 4.69) is 4.98 Å². The van der Waals surface area contributed by atoms with Gasteiger partial charge in [-0.15, -0.1) is 0 Å². The summed E-state index contributed by atoms with van der Waals surface area (Å²) in [4.78, 5) is 4.28. The summed E-state index contributed by atoms with van der Waals surface area (Å²) in [5.41, 5.74) is -0.876. The number of pyridine rings is 1. The summed E-state index contributed by atoms with van der Waals surface area (Å²) in [6.07, 6.45) is 3.78. The molecule has 2 aromatic rings. The average Bonchev–Trinajstić information content (AvgIpc) is 2.43. The molecule has 1 saturated heterocycles. The van der Waals surface area contributed by atoms with Crippen LogP contribution in [0.25, 0.3) is 10.8 Å². The van der Waals surface area contributed by atoms with Gasteiger partial charge in [0, 0.05) is 36.3 Å². The van der Waals surface area contributed by atoms with Gasteiger partial charge in [-0.2, -0.15) is 4.31 Å². The zero-order valence-corrected chi connectivity index (χ0v) is 12.0. The number of hydrogen-bond acceptors (Lipinski definition) is 4. The van der Waals surface area contributed by atoms with Crippen LogP contribution < -0.4 is 0 Å². The summed E-state index contributed by atoms with van der Waals surface area (Å²) in [5.74, 6) is 0. The topological polar surface area (TPSA) is 70.5 Å². The second-order valence-electron chi connectivity index (χ2n) is 5.20. The first kappa shape index (κ1) is 13.5. The molecule has 0 spiro atoms. The lowest BCUT2D eigenvalue weighted by Gasteiger charge is -2.44. The quantitative estimate of drug-likeness (QED) is 0.928. The second-order valence-corrected chi connectivity index (χ2v) is 7.11. The Morgan fingerprint density at radius 1 is 1.35 bits per heavy atom. The molecule has 3 rings (SSSR count). The lowest BCUT2D eigenvalue weighted by Crippen LogP contribution is -2.62. The van der Waals surface area contributed by atoms with Crippen LogP contribution in [0.2, 0.25) is 0 Å². The van der Waals surface area contributed by atoms with Crippen molar-refractivity contribution >= 4 is 20.8 Å². The highest BCUT2D eigenvalue weighted by Crippen LogP contribution is 2.32. The summed E-state index contributed by atoms with van der Waals surface area (Å²) in [7, 11) is -3.56. The highest BCUT2D eigenvalue weighted by molar-refractivity contribution is 7.89. The van der Waals surface area contributed by atoms with Gasteiger partial charge < -0.3 is 5.11 Å². The van der Waals surface area contributed by atoms with Gasteiger partial charge in [0.05, 0.1) is 10.5 Å². The first-order chi connectivity index (χ1) is 9.46. The molecule has 6 heteroatoms. The molecule has 5 nitrogen and oxygen atoms in total. The molecule has 1 aromatic heterocycles. The Hall–Kier alpha value is -1.50. The predicted octanol–water partition coefficient (Wildman–Crippen LogP) is 1.38. The third-order valence-corrected chi connectivity index (χ3v) is 5.71. The smallest absolute Gasteiger partial charge is 0.243 e. The molecule has 0 unspecified atom stereocenters. The number of sulfonamides is 1. The van der Waals surface area contributed by atoms with E-state index in [1.54, 1.807) is 30.6 Å². The number of rotatable bonds is 3. The van der Waals surface area contributed by atoms with E-state index in [4.69, 9.17) is 0 Å². The van der Waals surface area contributed by atoms with E-state index in [0.29, 0.717) is 11.8 Å². The number of aromatic nitrogens is 1. The molecular weight excluding hydrogens is 276 g/mol. The molecule has 0 saturated carbocycles. The van der Waals surface area contributed by atoms with E-state index in [0.717, 1.165) is 5.39 Å². The lowest BCUT2D eigenvalue weighted by atomic mass is 9.94. The third-order valence-electron chi connectivity index (χ3n) is 3.86. The zero-order chi connectivity index (χ0) is 14.4. The fourth-order valence-electron chi connectivity index (χ4n) is 2.46. The second kappa shape index (κ2) is 4.51. The van der Waals surface area contributed by atoms with Crippen LogP contribution in [0.1, 0.15) is 13.3 Å². The summed E-state index contributed by atoms with van der Waals surface area (Å²) < 4.78 is 26.6. The van der Waals surface area contributed by atoms with E-state index < -0.39 is 15.6 Å². The Kier molecular flexibility index (Phi) is 3.04. The lowest BCUT2D eigenvalue weighted by molar-refractivity contribution is -0.0613. The van der Waals surface area contributed by atoms with Crippen LogP contribution in [-0.2, 0) is 10.0 Å². The molecule has 2 heterocycles. The van der Waals surface area contributed by atoms with Crippen LogP contribution in [0.5, 0.6) is 0 Å². The number of hydrogen-bond donors (Lipinski definition) is 1. The van der Waals surface area contributed by atoms with Crippen molar-refractivity contribution in [3.05, 3.63) is 36.7 Å². The molecule has 20 heavy (non-hydrogen) atoms. The van der Waals surface area contributed by atoms with Gasteiger partial charge in [-0.05, 0) is 18.6 Å². The highest BCUT2D eigenvalue weighted by Gasteiger charge is 2.46. The summed E-state index contributed by atoms with van der Waals surface area (Å²) in [6, 6.07) is 6.84. The molecule has 0 radical (unpaired) electrons. The van der Waals surface area contributed by atoms with Crippen molar-refractivity contribution < 1.29 is 13.5 Å². The minimum atomic E-state index is -3.56. The Balaban J connectivity index is 2.03. The van der Waals surface area contributed by atoms with Gasteiger partial charge in [-0.3, -0.25) is 4.98 Å². The molecule has 1 aliphatic rings. The van der Waals surface area contributed by atoms with Crippen molar-refractivity contribution in [2.24, 2.45) is 0 Å². The molecule has 1 N–H and O–H groups in total. The Morgan fingerprint density at radius 2 is 2.10 bits per heavy atom. The molecule has 0 atom stereocenters. The van der Waals surface area contributed by atoms with E-state index in [-0.39, 0.29) is 18.0 Å². The van der Waals surface area contributed by atoms with Gasteiger partial charge in [-0.25, -0.2) is 8.42 Å². The Morgan fingerprint density at radius 3 is 2.80 bits per heavy atom. The van der Waals surface area contributed by atoms with Gasteiger partial charge in [0.25, 0.3) is 0 Å². The van der Waals surface area contributed by atoms with Crippen molar-refractivity contribution in [2.45, 2.75) is 23.8 Å². The monoisotopic (exact) mass is 292 g/mol. The molecule has 0 amide bonds. The van der Waals surface area contributed by atoms with Crippen molar-refractivity contribution in [3.63, 3.8) is 0 Å². The fraction of sp³-hybridized carbons (Fsp3) is 0.357. The minimum Gasteiger partial charge on any atom is -0.387 e. The minimum absolute atomic E-state index is 0.160. The number of aliphatic hydroxyl groups is 1. The number of β-amino-alcohol motifs (C(OH)–C–C–N with tert-alkyl or cyclic N) is 1. The maximum Gasteiger partial charge on any atom is 0.243 e. The molecule has 0 aliphatic carbocycles. The fourth-order valence-corrected chi connectivity index (χ4v) is 4.27. The first-order valence-electron chi connectivity index (χ1n) is 6.51. The first-order valence-corrected chi connectivity index (χ1v) is 7.96. The predicted molar refractivity (Wildman–Crippen MR) is 75.7 cm³/mol. The number of nitrogens with zero attached hydrogens (tertiary/aromatic N) is 2. The van der Waals surface area contributed by atoms with Gasteiger partial charge in [-0.1, -0.05) is 19.1 Å². The van der Waals surface area contributed by atoms with Gasteiger partial charge in [0.2, 0.25) is 10.0 Å². The van der Waals surface area contributed by atoms with Gasteiger partial charge >= 0.3 is 0 Å². The SMILES string of the molecule is CCC1(O)CN(S(=O)(=O)c2cccc3cnccc23)C1. The summed E-state index contributed by atoms with van der Waals surface area (Å²) in [5, 5.41) is 11.4. The molecule has 106 valence electrons. The van der Waals surface area contributed by atoms with Crippen LogP contribution in [0.4, 0.5) is 0 Å². The molecule has 1 fully saturated rings. The Labute approximate surface area is 117 Å². The largest absolute Gasteiger partial charge is 0.387 e. The zero-order valence-electron chi connectivity index (χ0n) is 11.2. The third kappa shape index (κ3) is 2.00. The van der Waals surface area contributed by atoms with Crippen LogP contribution in [-0.4, -0.2) is 41.5 Å². The average molecular weight is 292 g/mol. The van der Waals surface area contributed by atoms with Gasteiger partial charge in [0.1, 0.15) is 0 Å². The van der Waals surface area contributed by atoms with Crippen LogP contribution in [0.15, 0.2) is 41.6 Å². The van der Waals surface area contributed by atoms with Crippen LogP contribution >= 0.6 is 0 Å². The Bertz CT molecular complexity index is 747. The molecule has 0 bridgehead atoms. The maximum atomic E-state index is 12.6.